The molecule has 0 aliphatic carbocycles. The highest BCUT2D eigenvalue weighted by atomic mass is 19.4. The molecule has 1 aromatic rings. The molecule has 25 heavy (non-hydrogen) atoms. The highest BCUT2D eigenvalue weighted by Crippen LogP contribution is 2.32. The standard InChI is InChI=1S/C17H24F4N2O2/c1-16(2,3)11-23(6-7-24)10-15(25)22-9-12-4-5-13(18)8-14(12)17(19,20)21/h4-5,8,24H,6-7,9-11H2,1-3H3,(H,22,25). The van der Waals surface area contributed by atoms with Crippen LogP contribution in [0.15, 0.2) is 18.2 Å². The molecule has 1 amide bonds. The van der Waals surface area contributed by atoms with Crippen LogP contribution in [0.3, 0.4) is 0 Å². The van der Waals surface area contributed by atoms with Crippen molar-refractivity contribution < 1.29 is 27.5 Å². The summed E-state index contributed by atoms with van der Waals surface area (Å²) in [5.41, 5.74) is -1.41. The van der Waals surface area contributed by atoms with E-state index in [2.05, 4.69) is 5.32 Å². The normalized spacial score (nSPS) is 12.5. The number of aliphatic hydroxyl groups is 1. The van der Waals surface area contributed by atoms with Crippen LogP contribution in [-0.2, 0) is 17.5 Å². The maximum atomic E-state index is 13.1. The molecule has 0 saturated carbocycles. The Morgan fingerprint density at radius 2 is 1.88 bits per heavy atom. The van der Waals surface area contributed by atoms with Gasteiger partial charge < -0.3 is 10.4 Å². The Labute approximate surface area is 144 Å². The van der Waals surface area contributed by atoms with Crippen molar-refractivity contribution >= 4 is 5.91 Å². The highest BCUT2D eigenvalue weighted by molar-refractivity contribution is 5.78. The number of rotatable bonds is 7. The van der Waals surface area contributed by atoms with E-state index >= 15 is 0 Å². The number of hydrogen-bond donors (Lipinski definition) is 2. The number of halogens is 4. The fraction of sp³-hybridized carbons (Fsp3) is 0.588. The molecule has 1 aromatic carbocycles. The van der Waals surface area contributed by atoms with Gasteiger partial charge in [0.25, 0.3) is 0 Å². The average molecular weight is 364 g/mol. The lowest BCUT2D eigenvalue weighted by atomic mass is 9.96. The minimum absolute atomic E-state index is 0.0413. The summed E-state index contributed by atoms with van der Waals surface area (Å²) in [7, 11) is 0. The van der Waals surface area contributed by atoms with Gasteiger partial charge in [0.2, 0.25) is 5.91 Å². The zero-order valence-electron chi connectivity index (χ0n) is 14.6. The lowest BCUT2D eigenvalue weighted by molar-refractivity contribution is -0.138. The molecular weight excluding hydrogens is 340 g/mol. The van der Waals surface area contributed by atoms with Crippen LogP contribution in [0.4, 0.5) is 17.6 Å². The molecular formula is C17H24F4N2O2. The number of nitrogens with zero attached hydrogens (tertiary/aromatic N) is 1. The van der Waals surface area contributed by atoms with Gasteiger partial charge in [-0.25, -0.2) is 4.39 Å². The summed E-state index contributed by atoms with van der Waals surface area (Å²) in [6.45, 7) is 6.24. The molecule has 142 valence electrons. The van der Waals surface area contributed by atoms with Gasteiger partial charge in [0.15, 0.2) is 0 Å². The van der Waals surface area contributed by atoms with E-state index in [1.54, 1.807) is 4.90 Å². The van der Waals surface area contributed by atoms with Crippen molar-refractivity contribution in [2.75, 3.05) is 26.2 Å². The summed E-state index contributed by atoms with van der Waals surface area (Å²) in [6.07, 6.45) is -4.70. The predicted octanol–water partition coefficient (Wildman–Crippen LogP) is 2.80. The Bertz CT molecular complexity index is 583. The zero-order chi connectivity index (χ0) is 19.3. The maximum Gasteiger partial charge on any atom is 0.416 e. The first-order valence-corrected chi connectivity index (χ1v) is 7.88. The first kappa shape index (κ1) is 21.4. The van der Waals surface area contributed by atoms with Crippen LogP contribution < -0.4 is 5.32 Å². The van der Waals surface area contributed by atoms with E-state index < -0.39 is 23.5 Å². The fourth-order valence-electron chi connectivity index (χ4n) is 2.45. The third-order valence-electron chi connectivity index (χ3n) is 3.33. The Balaban J connectivity index is 2.73. The van der Waals surface area contributed by atoms with E-state index in [-0.39, 0.29) is 37.2 Å². The summed E-state index contributed by atoms with van der Waals surface area (Å²) in [5, 5.41) is 11.5. The number of carbonyl (C=O) groups excluding carboxylic acids is 1. The minimum Gasteiger partial charge on any atom is -0.395 e. The molecule has 0 spiro atoms. The van der Waals surface area contributed by atoms with E-state index in [9.17, 15) is 22.4 Å². The van der Waals surface area contributed by atoms with Gasteiger partial charge in [0.05, 0.1) is 18.7 Å². The third-order valence-corrected chi connectivity index (χ3v) is 3.33. The summed E-state index contributed by atoms with van der Waals surface area (Å²) in [6, 6.07) is 2.35. The number of benzene rings is 1. The smallest absolute Gasteiger partial charge is 0.395 e. The summed E-state index contributed by atoms with van der Waals surface area (Å²) < 4.78 is 51.9. The predicted molar refractivity (Wildman–Crippen MR) is 86.2 cm³/mol. The van der Waals surface area contributed by atoms with Crippen LogP contribution in [0, 0.1) is 11.2 Å². The second-order valence-corrected chi connectivity index (χ2v) is 7.07. The number of hydrogen-bond acceptors (Lipinski definition) is 3. The molecule has 0 fully saturated rings. The zero-order valence-corrected chi connectivity index (χ0v) is 14.6. The number of alkyl halides is 3. The summed E-state index contributed by atoms with van der Waals surface area (Å²) >= 11 is 0. The van der Waals surface area contributed by atoms with Crippen LogP contribution in [0.2, 0.25) is 0 Å². The van der Waals surface area contributed by atoms with Crippen molar-refractivity contribution in [2.45, 2.75) is 33.5 Å². The molecule has 0 heterocycles. The molecule has 0 bridgehead atoms. The SMILES string of the molecule is CC(C)(C)CN(CCO)CC(=O)NCc1ccc(F)cc1C(F)(F)F. The Morgan fingerprint density at radius 1 is 1.24 bits per heavy atom. The number of amides is 1. The first-order valence-electron chi connectivity index (χ1n) is 7.88. The van der Waals surface area contributed by atoms with Gasteiger partial charge in [-0.3, -0.25) is 9.69 Å². The van der Waals surface area contributed by atoms with E-state index in [1.807, 2.05) is 20.8 Å². The lowest BCUT2D eigenvalue weighted by Gasteiger charge is -2.28. The maximum absolute atomic E-state index is 13.1. The number of carbonyl (C=O) groups is 1. The van der Waals surface area contributed by atoms with E-state index in [0.717, 1.165) is 12.1 Å². The Hall–Kier alpha value is -1.67. The lowest BCUT2D eigenvalue weighted by Crippen LogP contribution is -2.42. The van der Waals surface area contributed by atoms with E-state index in [0.29, 0.717) is 12.6 Å². The van der Waals surface area contributed by atoms with Gasteiger partial charge in [-0.05, 0) is 23.1 Å². The van der Waals surface area contributed by atoms with E-state index in [4.69, 9.17) is 5.11 Å². The number of aliphatic hydroxyl groups excluding tert-OH is 1. The molecule has 0 aliphatic heterocycles. The molecule has 1 rings (SSSR count). The topological polar surface area (TPSA) is 52.6 Å². The van der Waals surface area contributed by atoms with Crippen molar-refractivity contribution in [3.05, 3.63) is 35.1 Å². The van der Waals surface area contributed by atoms with Gasteiger partial charge in [-0.15, -0.1) is 0 Å². The van der Waals surface area contributed by atoms with Crippen LogP contribution >= 0.6 is 0 Å². The molecule has 0 atom stereocenters. The van der Waals surface area contributed by atoms with Crippen LogP contribution in [0.25, 0.3) is 0 Å². The molecule has 8 heteroatoms. The van der Waals surface area contributed by atoms with Gasteiger partial charge in [-0.1, -0.05) is 26.8 Å². The summed E-state index contributed by atoms with van der Waals surface area (Å²) in [4.78, 5) is 13.8. The van der Waals surface area contributed by atoms with Crippen molar-refractivity contribution in [3.63, 3.8) is 0 Å². The monoisotopic (exact) mass is 364 g/mol. The van der Waals surface area contributed by atoms with Gasteiger partial charge >= 0.3 is 6.18 Å². The van der Waals surface area contributed by atoms with Crippen molar-refractivity contribution in [1.29, 1.82) is 0 Å². The Morgan fingerprint density at radius 3 is 2.40 bits per heavy atom. The molecule has 0 radical (unpaired) electrons. The summed E-state index contributed by atoms with van der Waals surface area (Å²) in [5.74, 6) is -1.45. The van der Waals surface area contributed by atoms with Gasteiger partial charge in [0.1, 0.15) is 5.82 Å². The van der Waals surface area contributed by atoms with E-state index in [1.165, 1.54) is 0 Å². The van der Waals surface area contributed by atoms with Crippen molar-refractivity contribution in [2.24, 2.45) is 5.41 Å². The second-order valence-electron chi connectivity index (χ2n) is 7.07. The largest absolute Gasteiger partial charge is 0.416 e. The highest BCUT2D eigenvalue weighted by Gasteiger charge is 2.33. The second kappa shape index (κ2) is 8.62. The molecule has 0 aromatic heterocycles. The third kappa shape index (κ3) is 7.83. The van der Waals surface area contributed by atoms with Crippen LogP contribution in [-0.4, -0.2) is 42.2 Å². The van der Waals surface area contributed by atoms with Gasteiger partial charge in [0, 0.05) is 19.6 Å². The Kier molecular flexibility index (Phi) is 7.37. The molecule has 0 unspecified atom stereocenters. The molecule has 0 aliphatic rings. The molecule has 4 nitrogen and oxygen atoms in total. The molecule has 0 saturated heterocycles. The van der Waals surface area contributed by atoms with Crippen LogP contribution in [0.5, 0.6) is 0 Å². The number of nitrogens with one attached hydrogen (secondary N) is 1. The van der Waals surface area contributed by atoms with Crippen molar-refractivity contribution in [3.8, 4) is 0 Å². The van der Waals surface area contributed by atoms with Crippen LogP contribution in [0.1, 0.15) is 31.9 Å². The minimum atomic E-state index is -4.70. The molecule has 2 N–H and O–H groups in total. The van der Waals surface area contributed by atoms with Crippen molar-refractivity contribution in [1.82, 2.24) is 10.2 Å². The first-order chi connectivity index (χ1) is 11.4. The van der Waals surface area contributed by atoms with Gasteiger partial charge in [-0.2, -0.15) is 13.2 Å². The average Bonchev–Trinajstić information content (AvgIpc) is 2.43. The quantitative estimate of drug-likeness (QED) is 0.732. The fourth-order valence-corrected chi connectivity index (χ4v) is 2.45.